The third kappa shape index (κ3) is 2.27. The Morgan fingerprint density at radius 1 is 1.36 bits per heavy atom. The number of hydrogen-bond donors (Lipinski definition) is 2. The number of ether oxygens (including phenoxy) is 1. The summed E-state index contributed by atoms with van der Waals surface area (Å²) in [6.45, 7) is 3.97. The van der Waals surface area contributed by atoms with E-state index in [1.165, 1.54) is 7.11 Å². The number of nitrogens with two attached hydrogens (primary N) is 1. The molecule has 22 heavy (non-hydrogen) atoms. The number of nitrogen functional groups attached to an aromatic ring is 1. The number of benzene rings is 1. The lowest BCUT2D eigenvalue weighted by Crippen LogP contribution is -2.23. The normalized spacial score (nSPS) is 17.0. The molecule has 0 aliphatic carbocycles. The van der Waals surface area contributed by atoms with E-state index in [-0.39, 0.29) is 11.9 Å². The van der Waals surface area contributed by atoms with Crippen molar-refractivity contribution in [2.45, 2.75) is 19.8 Å². The number of nitrogens with one attached hydrogen (secondary N) is 1. The molecule has 114 valence electrons. The molecule has 5 heteroatoms. The van der Waals surface area contributed by atoms with E-state index in [1.54, 1.807) is 11.3 Å². The van der Waals surface area contributed by atoms with Gasteiger partial charge in [-0.05, 0) is 42.5 Å². The predicted octanol–water partition coefficient (Wildman–Crippen LogP) is 3.64. The SMILES string of the molecule is COC(=O)C1=C(C)Nc2scc(C)c2C1c1cccc(N)c1. The van der Waals surface area contributed by atoms with E-state index in [0.29, 0.717) is 11.3 Å². The van der Waals surface area contributed by atoms with Crippen molar-refractivity contribution in [3.63, 3.8) is 0 Å². The zero-order chi connectivity index (χ0) is 15.9. The van der Waals surface area contributed by atoms with Crippen LogP contribution in [0, 0.1) is 6.92 Å². The minimum atomic E-state index is -0.311. The number of hydrogen-bond acceptors (Lipinski definition) is 5. The number of fused-ring (bicyclic) bond motifs is 1. The van der Waals surface area contributed by atoms with E-state index in [4.69, 9.17) is 10.5 Å². The summed E-state index contributed by atoms with van der Waals surface area (Å²) >= 11 is 1.65. The highest BCUT2D eigenvalue weighted by Gasteiger charge is 2.34. The molecule has 0 saturated carbocycles. The molecule has 2 heterocycles. The minimum absolute atomic E-state index is 0.154. The lowest BCUT2D eigenvalue weighted by molar-refractivity contribution is -0.136. The summed E-state index contributed by atoms with van der Waals surface area (Å²) < 4.78 is 5.01. The summed E-state index contributed by atoms with van der Waals surface area (Å²) in [6, 6.07) is 7.69. The maximum absolute atomic E-state index is 12.3. The van der Waals surface area contributed by atoms with Gasteiger partial charge in [0.15, 0.2) is 0 Å². The minimum Gasteiger partial charge on any atom is -0.466 e. The molecule has 4 nitrogen and oxygen atoms in total. The Kier molecular flexibility index (Phi) is 3.66. The average Bonchev–Trinajstić information content (AvgIpc) is 2.86. The second kappa shape index (κ2) is 5.50. The zero-order valence-electron chi connectivity index (χ0n) is 12.8. The smallest absolute Gasteiger partial charge is 0.336 e. The monoisotopic (exact) mass is 314 g/mol. The first kappa shape index (κ1) is 14.7. The highest BCUT2D eigenvalue weighted by atomic mass is 32.1. The van der Waals surface area contributed by atoms with E-state index in [1.807, 2.05) is 31.2 Å². The summed E-state index contributed by atoms with van der Waals surface area (Å²) in [4.78, 5) is 12.3. The van der Waals surface area contributed by atoms with Crippen molar-refractivity contribution in [2.75, 3.05) is 18.2 Å². The maximum atomic E-state index is 12.3. The van der Waals surface area contributed by atoms with Gasteiger partial charge in [-0.25, -0.2) is 4.79 Å². The molecule has 1 aromatic carbocycles. The molecule has 3 rings (SSSR count). The van der Waals surface area contributed by atoms with Crippen LogP contribution in [0.3, 0.4) is 0 Å². The number of thiophene rings is 1. The van der Waals surface area contributed by atoms with Gasteiger partial charge in [-0.15, -0.1) is 11.3 Å². The molecule has 0 fully saturated rings. The number of carbonyl (C=O) groups is 1. The fourth-order valence-corrected chi connectivity index (χ4v) is 4.00. The van der Waals surface area contributed by atoms with Gasteiger partial charge >= 0.3 is 5.97 Å². The highest BCUT2D eigenvalue weighted by molar-refractivity contribution is 7.14. The van der Waals surface area contributed by atoms with Crippen molar-refractivity contribution in [3.05, 3.63) is 57.6 Å². The third-order valence-electron chi connectivity index (χ3n) is 3.95. The van der Waals surface area contributed by atoms with Gasteiger partial charge in [0.2, 0.25) is 0 Å². The van der Waals surface area contributed by atoms with Gasteiger partial charge in [-0.1, -0.05) is 12.1 Å². The second-order valence-electron chi connectivity index (χ2n) is 5.42. The number of allylic oxidation sites excluding steroid dienone is 1. The zero-order valence-corrected chi connectivity index (χ0v) is 13.6. The summed E-state index contributed by atoms with van der Waals surface area (Å²) in [6.07, 6.45) is 0. The first-order valence-electron chi connectivity index (χ1n) is 7.02. The van der Waals surface area contributed by atoms with Crippen molar-refractivity contribution in [3.8, 4) is 0 Å². The Morgan fingerprint density at radius 2 is 2.14 bits per heavy atom. The molecule has 1 aliphatic rings. The van der Waals surface area contributed by atoms with Crippen LogP contribution in [-0.4, -0.2) is 13.1 Å². The summed E-state index contributed by atoms with van der Waals surface area (Å²) in [7, 11) is 1.41. The van der Waals surface area contributed by atoms with Gasteiger partial charge in [-0.2, -0.15) is 0 Å². The maximum Gasteiger partial charge on any atom is 0.336 e. The molecule has 1 aromatic heterocycles. The van der Waals surface area contributed by atoms with Crippen molar-refractivity contribution in [1.82, 2.24) is 0 Å². The van der Waals surface area contributed by atoms with E-state index in [9.17, 15) is 4.79 Å². The van der Waals surface area contributed by atoms with E-state index < -0.39 is 0 Å². The van der Waals surface area contributed by atoms with Crippen LogP contribution in [0.25, 0.3) is 0 Å². The predicted molar refractivity (Wildman–Crippen MR) is 90.1 cm³/mol. The largest absolute Gasteiger partial charge is 0.466 e. The Balaban J connectivity index is 2.24. The topological polar surface area (TPSA) is 64.3 Å². The number of methoxy groups -OCH3 is 1. The van der Waals surface area contributed by atoms with Crippen LogP contribution in [-0.2, 0) is 9.53 Å². The molecular weight excluding hydrogens is 296 g/mol. The van der Waals surface area contributed by atoms with Gasteiger partial charge in [0, 0.05) is 22.9 Å². The van der Waals surface area contributed by atoms with Crippen LogP contribution in [0.15, 0.2) is 40.9 Å². The van der Waals surface area contributed by atoms with Gasteiger partial charge in [0.1, 0.15) is 0 Å². The van der Waals surface area contributed by atoms with Crippen LogP contribution < -0.4 is 11.1 Å². The van der Waals surface area contributed by atoms with Gasteiger partial charge in [0.05, 0.1) is 17.7 Å². The summed E-state index contributed by atoms with van der Waals surface area (Å²) in [5, 5.41) is 6.51. The molecule has 2 aromatic rings. The Morgan fingerprint density at radius 3 is 2.82 bits per heavy atom. The van der Waals surface area contributed by atoms with E-state index in [2.05, 4.69) is 17.6 Å². The van der Waals surface area contributed by atoms with Crippen LogP contribution >= 0.6 is 11.3 Å². The van der Waals surface area contributed by atoms with E-state index in [0.717, 1.165) is 27.4 Å². The van der Waals surface area contributed by atoms with Crippen LogP contribution in [0.1, 0.15) is 29.5 Å². The van der Waals surface area contributed by atoms with Gasteiger partial charge in [-0.3, -0.25) is 0 Å². The lowest BCUT2D eigenvalue weighted by Gasteiger charge is -2.28. The van der Waals surface area contributed by atoms with Crippen LogP contribution in [0.4, 0.5) is 10.7 Å². The molecule has 1 atom stereocenters. The van der Waals surface area contributed by atoms with Crippen molar-refractivity contribution in [1.29, 1.82) is 0 Å². The fraction of sp³-hybridized carbons (Fsp3) is 0.235. The number of rotatable bonds is 2. The van der Waals surface area contributed by atoms with Crippen molar-refractivity contribution < 1.29 is 9.53 Å². The van der Waals surface area contributed by atoms with Crippen molar-refractivity contribution in [2.24, 2.45) is 0 Å². The quantitative estimate of drug-likeness (QED) is 0.656. The number of carbonyl (C=O) groups excluding carboxylic acids is 1. The first-order valence-corrected chi connectivity index (χ1v) is 7.90. The molecule has 0 amide bonds. The Labute approximate surface area is 133 Å². The van der Waals surface area contributed by atoms with Gasteiger partial charge < -0.3 is 15.8 Å². The van der Waals surface area contributed by atoms with Gasteiger partial charge in [0.25, 0.3) is 0 Å². The summed E-state index contributed by atoms with van der Waals surface area (Å²) in [5.74, 6) is -0.466. The number of esters is 1. The molecular formula is C17H18N2O2S. The molecule has 3 N–H and O–H groups in total. The Bertz CT molecular complexity index is 777. The number of anilines is 2. The van der Waals surface area contributed by atoms with Crippen molar-refractivity contribution >= 4 is 28.0 Å². The first-order chi connectivity index (χ1) is 10.5. The summed E-state index contributed by atoms with van der Waals surface area (Å²) in [5.41, 5.74) is 11.4. The highest BCUT2D eigenvalue weighted by Crippen LogP contribution is 2.46. The average molecular weight is 314 g/mol. The van der Waals surface area contributed by atoms with Crippen LogP contribution in [0.5, 0.6) is 0 Å². The molecule has 1 unspecified atom stereocenters. The molecule has 0 saturated heterocycles. The standard InChI is InChI=1S/C17H18N2O2S/c1-9-8-22-16-13(9)15(11-5-4-6-12(18)7-11)14(10(2)19-16)17(20)21-3/h4-8,15,19H,18H2,1-3H3. The molecule has 0 spiro atoms. The number of aryl methyl sites for hydroxylation is 1. The second-order valence-corrected chi connectivity index (χ2v) is 6.30. The third-order valence-corrected chi connectivity index (χ3v) is 4.98. The van der Waals surface area contributed by atoms with Crippen LogP contribution in [0.2, 0.25) is 0 Å². The lowest BCUT2D eigenvalue weighted by atomic mass is 9.81. The van der Waals surface area contributed by atoms with E-state index >= 15 is 0 Å². The molecule has 0 radical (unpaired) electrons. The molecule has 0 bridgehead atoms. The fourth-order valence-electron chi connectivity index (χ4n) is 2.96. The molecule has 1 aliphatic heterocycles. The Hall–Kier alpha value is -2.27.